The molecule has 2 aromatic rings. The van der Waals surface area contributed by atoms with Crippen LogP contribution in [0.15, 0.2) is 30.3 Å². The number of nitrogens with one attached hydrogen (secondary N) is 1. The van der Waals surface area contributed by atoms with Crippen LogP contribution < -0.4 is 14.8 Å². The molecule has 0 atom stereocenters. The van der Waals surface area contributed by atoms with E-state index >= 15 is 0 Å². The summed E-state index contributed by atoms with van der Waals surface area (Å²) in [4.78, 5) is 23.3. The molecule has 0 unspecified atom stereocenters. The average molecular weight is 328 g/mol. The number of nitro benzene ring substituents is 1. The van der Waals surface area contributed by atoms with Gasteiger partial charge < -0.3 is 14.8 Å². The number of hydrogen-bond donors (Lipinski definition) is 1. The van der Waals surface area contributed by atoms with E-state index in [-0.39, 0.29) is 17.0 Å². The first-order valence-electron chi connectivity index (χ1n) is 7.42. The zero-order chi connectivity index (χ0) is 17.3. The van der Waals surface area contributed by atoms with Gasteiger partial charge in [0.2, 0.25) is 0 Å². The number of fused-ring (bicyclic) bond motifs is 1. The molecule has 3 rings (SSSR count). The Morgan fingerprint density at radius 3 is 2.46 bits per heavy atom. The number of nitro groups is 1. The smallest absolute Gasteiger partial charge is 0.286 e. The Hall–Kier alpha value is -3.09. The summed E-state index contributed by atoms with van der Waals surface area (Å²) >= 11 is 0. The summed E-state index contributed by atoms with van der Waals surface area (Å²) in [5.41, 5.74) is 2.08. The SMILES string of the molecule is Cc1ccc(C)c(NC(=O)c2cc3c(cc2[N+](=O)[O-])OCCO3)c1. The van der Waals surface area contributed by atoms with Crippen molar-refractivity contribution in [3.8, 4) is 11.5 Å². The fourth-order valence-electron chi connectivity index (χ4n) is 2.47. The summed E-state index contributed by atoms with van der Waals surface area (Å²) in [6.07, 6.45) is 0. The number of hydrogen-bond acceptors (Lipinski definition) is 5. The molecule has 1 N–H and O–H groups in total. The Morgan fingerprint density at radius 2 is 1.79 bits per heavy atom. The third-order valence-electron chi connectivity index (χ3n) is 3.74. The number of ether oxygens (including phenoxy) is 2. The van der Waals surface area contributed by atoms with Crippen LogP contribution in [0.2, 0.25) is 0 Å². The minimum absolute atomic E-state index is 0.0647. The molecule has 1 amide bonds. The Bertz CT molecular complexity index is 832. The number of amides is 1. The van der Waals surface area contributed by atoms with Crippen LogP contribution in [-0.2, 0) is 0 Å². The third kappa shape index (κ3) is 3.01. The average Bonchev–Trinajstić information content (AvgIpc) is 2.56. The quantitative estimate of drug-likeness (QED) is 0.690. The van der Waals surface area contributed by atoms with E-state index in [1.54, 1.807) is 0 Å². The van der Waals surface area contributed by atoms with Crippen LogP contribution in [0.5, 0.6) is 11.5 Å². The molecule has 0 aromatic heterocycles. The first kappa shape index (κ1) is 15.8. The molecule has 0 aliphatic carbocycles. The molecule has 0 spiro atoms. The summed E-state index contributed by atoms with van der Waals surface area (Å²) in [6, 6.07) is 8.21. The van der Waals surface area contributed by atoms with E-state index < -0.39 is 10.8 Å². The topological polar surface area (TPSA) is 90.7 Å². The van der Waals surface area contributed by atoms with Gasteiger partial charge in [-0.1, -0.05) is 12.1 Å². The van der Waals surface area contributed by atoms with Crippen molar-refractivity contribution in [2.24, 2.45) is 0 Å². The fourth-order valence-corrected chi connectivity index (χ4v) is 2.47. The van der Waals surface area contributed by atoms with Gasteiger partial charge in [0, 0.05) is 11.8 Å². The first-order valence-corrected chi connectivity index (χ1v) is 7.42. The van der Waals surface area contributed by atoms with Crippen LogP contribution in [-0.4, -0.2) is 24.0 Å². The maximum absolute atomic E-state index is 12.6. The van der Waals surface area contributed by atoms with Crippen molar-refractivity contribution in [1.82, 2.24) is 0 Å². The highest BCUT2D eigenvalue weighted by Crippen LogP contribution is 2.37. The molecule has 1 aliphatic rings. The van der Waals surface area contributed by atoms with Gasteiger partial charge in [0.25, 0.3) is 11.6 Å². The minimum Gasteiger partial charge on any atom is -0.486 e. The maximum atomic E-state index is 12.6. The van der Waals surface area contributed by atoms with E-state index in [1.807, 2.05) is 32.0 Å². The summed E-state index contributed by atoms with van der Waals surface area (Å²) in [7, 11) is 0. The van der Waals surface area contributed by atoms with Crippen LogP contribution in [0.25, 0.3) is 0 Å². The number of nitrogens with zero attached hydrogens (tertiary/aromatic N) is 1. The lowest BCUT2D eigenvalue weighted by Gasteiger charge is -2.19. The van der Waals surface area contributed by atoms with Crippen LogP contribution >= 0.6 is 0 Å². The number of carbonyl (C=O) groups is 1. The second kappa shape index (κ2) is 6.19. The number of anilines is 1. The van der Waals surface area contributed by atoms with Crippen molar-refractivity contribution >= 4 is 17.3 Å². The largest absolute Gasteiger partial charge is 0.486 e. The van der Waals surface area contributed by atoms with Crippen molar-refractivity contribution in [1.29, 1.82) is 0 Å². The molecule has 7 heteroatoms. The zero-order valence-electron chi connectivity index (χ0n) is 13.3. The summed E-state index contributed by atoms with van der Waals surface area (Å²) in [5.74, 6) is 0.0431. The fraction of sp³-hybridized carbons (Fsp3) is 0.235. The lowest BCUT2D eigenvalue weighted by Crippen LogP contribution is -2.19. The molecule has 1 heterocycles. The lowest BCUT2D eigenvalue weighted by atomic mass is 10.1. The highest BCUT2D eigenvalue weighted by molar-refractivity contribution is 6.08. The van der Waals surface area contributed by atoms with E-state index in [4.69, 9.17) is 9.47 Å². The number of benzene rings is 2. The van der Waals surface area contributed by atoms with Gasteiger partial charge in [-0.15, -0.1) is 0 Å². The van der Waals surface area contributed by atoms with E-state index in [1.165, 1.54) is 12.1 Å². The standard InChI is InChI=1S/C17H16N2O5/c1-10-3-4-11(2)13(7-10)18-17(20)12-8-15-16(24-6-5-23-15)9-14(12)19(21)22/h3-4,7-9H,5-6H2,1-2H3,(H,18,20). The third-order valence-corrected chi connectivity index (χ3v) is 3.74. The molecule has 2 aromatic carbocycles. The predicted octanol–water partition coefficient (Wildman–Crippen LogP) is 3.24. The molecule has 124 valence electrons. The van der Waals surface area contributed by atoms with Gasteiger partial charge in [-0.3, -0.25) is 14.9 Å². The van der Waals surface area contributed by atoms with Gasteiger partial charge in [-0.2, -0.15) is 0 Å². The Balaban J connectivity index is 1.99. The molecular weight excluding hydrogens is 312 g/mol. The first-order chi connectivity index (χ1) is 11.5. The Labute approximate surface area is 138 Å². The van der Waals surface area contributed by atoms with Crippen molar-refractivity contribution in [3.63, 3.8) is 0 Å². The molecular formula is C17H16N2O5. The van der Waals surface area contributed by atoms with Crippen LogP contribution in [0, 0.1) is 24.0 Å². The summed E-state index contributed by atoms with van der Waals surface area (Å²) in [6.45, 7) is 4.41. The molecule has 0 saturated carbocycles. The highest BCUT2D eigenvalue weighted by Gasteiger charge is 2.26. The summed E-state index contributed by atoms with van der Waals surface area (Å²) < 4.78 is 10.8. The van der Waals surface area contributed by atoms with Gasteiger partial charge in [0.15, 0.2) is 11.5 Å². The second-order valence-electron chi connectivity index (χ2n) is 5.54. The highest BCUT2D eigenvalue weighted by atomic mass is 16.6. The Morgan fingerprint density at radius 1 is 1.12 bits per heavy atom. The molecule has 7 nitrogen and oxygen atoms in total. The molecule has 0 bridgehead atoms. The number of rotatable bonds is 3. The minimum atomic E-state index is -0.601. The lowest BCUT2D eigenvalue weighted by molar-refractivity contribution is -0.385. The van der Waals surface area contributed by atoms with Crippen molar-refractivity contribution in [3.05, 3.63) is 57.1 Å². The van der Waals surface area contributed by atoms with E-state index in [2.05, 4.69) is 5.32 Å². The van der Waals surface area contributed by atoms with E-state index in [9.17, 15) is 14.9 Å². The van der Waals surface area contributed by atoms with Crippen LogP contribution in [0.1, 0.15) is 21.5 Å². The van der Waals surface area contributed by atoms with Crippen molar-refractivity contribution in [2.75, 3.05) is 18.5 Å². The van der Waals surface area contributed by atoms with Crippen molar-refractivity contribution < 1.29 is 19.2 Å². The number of aryl methyl sites for hydroxylation is 2. The van der Waals surface area contributed by atoms with Gasteiger partial charge in [-0.25, -0.2) is 0 Å². The monoisotopic (exact) mass is 328 g/mol. The van der Waals surface area contributed by atoms with Gasteiger partial charge >= 0.3 is 0 Å². The van der Waals surface area contributed by atoms with E-state index in [0.717, 1.165) is 11.1 Å². The van der Waals surface area contributed by atoms with Gasteiger partial charge in [0.05, 0.1) is 11.0 Å². The normalized spacial score (nSPS) is 12.6. The molecule has 0 radical (unpaired) electrons. The predicted molar refractivity (Wildman–Crippen MR) is 88.0 cm³/mol. The van der Waals surface area contributed by atoms with Gasteiger partial charge in [-0.05, 0) is 31.0 Å². The molecule has 0 fully saturated rings. The zero-order valence-corrected chi connectivity index (χ0v) is 13.3. The van der Waals surface area contributed by atoms with Crippen LogP contribution in [0.3, 0.4) is 0 Å². The molecule has 1 aliphatic heterocycles. The maximum Gasteiger partial charge on any atom is 0.286 e. The summed E-state index contributed by atoms with van der Waals surface area (Å²) in [5, 5.41) is 14.0. The number of carbonyl (C=O) groups excluding carboxylic acids is 1. The van der Waals surface area contributed by atoms with Gasteiger partial charge in [0.1, 0.15) is 18.8 Å². The molecule has 24 heavy (non-hydrogen) atoms. The van der Waals surface area contributed by atoms with Crippen molar-refractivity contribution in [2.45, 2.75) is 13.8 Å². The van der Waals surface area contributed by atoms with Crippen LogP contribution in [0.4, 0.5) is 11.4 Å². The second-order valence-corrected chi connectivity index (χ2v) is 5.54. The Kier molecular flexibility index (Phi) is 4.07. The van der Waals surface area contributed by atoms with E-state index in [0.29, 0.717) is 24.7 Å². The molecule has 0 saturated heterocycles.